The number of aromatic nitrogens is 4. The largest absolute Gasteiger partial charge is 0.497 e. The molecule has 0 aliphatic carbocycles. The zero-order valence-electron chi connectivity index (χ0n) is 24.1. The van der Waals surface area contributed by atoms with Crippen molar-refractivity contribution in [1.82, 2.24) is 24.6 Å². The molecule has 0 saturated carbocycles. The third-order valence-corrected chi connectivity index (χ3v) is 8.06. The van der Waals surface area contributed by atoms with Crippen molar-refractivity contribution in [1.29, 1.82) is 0 Å². The van der Waals surface area contributed by atoms with Gasteiger partial charge >= 0.3 is 0 Å². The summed E-state index contributed by atoms with van der Waals surface area (Å²) < 4.78 is 18.9. The van der Waals surface area contributed by atoms with E-state index in [1.807, 2.05) is 89.2 Å². The van der Waals surface area contributed by atoms with Crippen LogP contribution in [0.4, 0.5) is 5.69 Å². The number of anilines is 1. The maximum Gasteiger partial charge on any atom is 0.275 e. The molecule has 1 aliphatic rings. The van der Waals surface area contributed by atoms with Crippen LogP contribution in [0.25, 0.3) is 17.1 Å². The number of methoxy groups -OCH3 is 1. The van der Waals surface area contributed by atoms with Crippen LogP contribution in [0.15, 0.2) is 94.7 Å². The number of piperazine rings is 1. The summed E-state index contributed by atoms with van der Waals surface area (Å²) in [6, 6.07) is 25.7. The molecule has 6 rings (SSSR count). The lowest BCUT2D eigenvalue weighted by Gasteiger charge is -2.36. The van der Waals surface area contributed by atoms with Crippen LogP contribution < -0.4 is 14.4 Å². The number of thioether (sulfide) groups is 1. The van der Waals surface area contributed by atoms with Crippen LogP contribution in [-0.2, 0) is 5.75 Å². The fraction of sp³-hybridized carbons (Fsp3) is 0.250. The van der Waals surface area contributed by atoms with E-state index < -0.39 is 0 Å². The van der Waals surface area contributed by atoms with Gasteiger partial charge in [0.1, 0.15) is 17.8 Å². The predicted octanol–water partition coefficient (Wildman–Crippen LogP) is 5.58. The summed E-state index contributed by atoms with van der Waals surface area (Å²) in [6.45, 7) is 5.18. The number of ether oxygens (including phenoxy) is 2. The van der Waals surface area contributed by atoms with Crippen molar-refractivity contribution in [2.75, 3.05) is 44.8 Å². The van der Waals surface area contributed by atoms with Gasteiger partial charge in [0.05, 0.1) is 25.2 Å². The first-order chi connectivity index (χ1) is 21.1. The molecule has 10 nitrogen and oxygen atoms in total. The molecule has 0 radical (unpaired) electrons. The second kappa shape index (κ2) is 13.0. The molecule has 0 spiro atoms. The molecule has 2 aromatic heterocycles. The number of hydrogen-bond donors (Lipinski definition) is 0. The van der Waals surface area contributed by atoms with E-state index in [0.29, 0.717) is 61.1 Å². The van der Waals surface area contributed by atoms with Gasteiger partial charge in [-0.3, -0.25) is 9.36 Å². The van der Waals surface area contributed by atoms with Crippen molar-refractivity contribution < 1.29 is 18.7 Å². The first-order valence-corrected chi connectivity index (χ1v) is 15.1. The molecule has 0 bridgehead atoms. The zero-order valence-corrected chi connectivity index (χ0v) is 24.9. The Morgan fingerprint density at radius 3 is 2.53 bits per heavy atom. The van der Waals surface area contributed by atoms with Crippen LogP contribution in [0.3, 0.4) is 0 Å². The van der Waals surface area contributed by atoms with E-state index in [9.17, 15) is 4.79 Å². The van der Waals surface area contributed by atoms with Gasteiger partial charge in [-0.05, 0) is 43.3 Å². The number of para-hydroxylation sites is 3. The van der Waals surface area contributed by atoms with Crippen molar-refractivity contribution in [3.63, 3.8) is 0 Å². The third kappa shape index (κ3) is 6.21. The molecule has 1 saturated heterocycles. The number of carbonyl (C=O) groups is 1. The lowest BCUT2D eigenvalue weighted by Crippen LogP contribution is -2.49. The van der Waals surface area contributed by atoms with E-state index in [-0.39, 0.29) is 5.91 Å². The Kier molecular flexibility index (Phi) is 8.60. The fourth-order valence-corrected chi connectivity index (χ4v) is 5.84. The summed E-state index contributed by atoms with van der Waals surface area (Å²) in [7, 11) is 1.64. The quantitative estimate of drug-likeness (QED) is 0.191. The van der Waals surface area contributed by atoms with Crippen molar-refractivity contribution >= 4 is 23.4 Å². The Labute approximate surface area is 254 Å². The standard InChI is InChI=1S/C32H32N6O4S/c1-3-41-28-15-8-7-14-27(28)36-16-18-37(19-17-36)31(39)26-21-42-29(33-26)22-43-32-35-34-30(23-10-9-13-25(20-23)40-2)38(32)24-11-5-4-6-12-24/h4-15,20-21H,3,16-19,22H2,1-2H3. The topological polar surface area (TPSA) is 98.8 Å². The predicted molar refractivity (Wildman–Crippen MR) is 165 cm³/mol. The summed E-state index contributed by atoms with van der Waals surface area (Å²) in [5.74, 6) is 3.00. The highest BCUT2D eigenvalue weighted by molar-refractivity contribution is 7.98. The molecule has 0 N–H and O–H groups in total. The number of oxazole rings is 1. The summed E-state index contributed by atoms with van der Waals surface area (Å²) in [5.41, 5.74) is 3.17. The molecule has 3 heterocycles. The first kappa shape index (κ1) is 28.4. The molecule has 0 atom stereocenters. The lowest BCUT2D eigenvalue weighted by molar-refractivity contribution is 0.0740. The van der Waals surface area contributed by atoms with E-state index in [0.717, 1.165) is 28.4 Å². The Balaban J connectivity index is 1.13. The monoisotopic (exact) mass is 596 g/mol. The van der Waals surface area contributed by atoms with Gasteiger partial charge in [-0.15, -0.1) is 10.2 Å². The first-order valence-electron chi connectivity index (χ1n) is 14.1. The van der Waals surface area contributed by atoms with Crippen LogP contribution >= 0.6 is 11.8 Å². The Bertz CT molecular complexity index is 1680. The average Bonchev–Trinajstić information content (AvgIpc) is 3.72. The SMILES string of the molecule is CCOc1ccccc1N1CCN(C(=O)c2coc(CSc3nnc(-c4cccc(OC)c4)n3-c3ccccc3)n2)CC1. The zero-order chi connectivity index (χ0) is 29.6. The van der Waals surface area contributed by atoms with E-state index >= 15 is 0 Å². The van der Waals surface area contributed by atoms with E-state index in [1.165, 1.54) is 18.0 Å². The number of amides is 1. The Hall–Kier alpha value is -4.77. The normalized spacial score (nSPS) is 13.3. The molecular formula is C32H32N6O4S. The average molecular weight is 597 g/mol. The van der Waals surface area contributed by atoms with Gasteiger partial charge in [0.2, 0.25) is 5.89 Å². The second-order valence-corrected chi connectivity index (χ2v) is 10.7. The van der Waals surface area contributed by atoms with Crippen LogP contribution in [0.1, 0.15) is 23.3 Å². The smallest absolute Gasteiger partial charge is 0.275 e. The molecule has 43 heavy (non-hydrogen) atoms. The molecule has 220 valence electrons. The minimum Gasteiger partial charge on any atom is -0.497 e. The van der Waals surface area contributed by atoms with Crippen molar-refractivity contribution in [2.45, 2.75) is 17.8 Å². The molecular weight excluding hydrogens is 564 g/mol. The van der Waals surface area contributed by atoms with E-state index in [4.69, 9.17) is 13.9 Å². The third-order valence-electron chi connectivity index (χ3n) is 7.14. The molecule has 0 unspecified atom stereocenters. The van der Waals surface area contributed by atoms with Crippen LogP contribution in [0.5, 0.6) is 11.5 Å². The molecule has 1 amide bonds. The number of rotatable bonds is 10. The lowest BCUT2D eigenvalue weighted by atomic mass is 10.2. The summed E-state index contributed by atoms with van der Waals surface area (Å²) >= 11 is 1.44. The van der Waals surface area contributed by atoms with E-state index in [2.05, 4.69) is 26.1 Å². The summed E-state index contributed by atoms with van der Waals surface area (Å²) in [5, 5.41) is 9.66. The van der Waals surface area contributed by atoms with Crippen molar-refractivity contribution in [2.24, 2.45) is 0 Å². The van der Waals surface area contributed by atoms with Crippen LogP contribution in [0, 0.1) is 0 Å². The second-order valence-electron chi connectivity index (χ2n) is 9.80. The van der Waals surface area contributed by atoms with Gasteiger partial charge in [0, 0.05) is 37.4 Å². The summed E-state index contributed by atoms with van der Waals surface area (Å²) in [6.07, 6.45) is 1.44. The molecule has 1 fully saturated rings. The van der Waals surface area contributed by atoms with Gasteiger partial charge in [-0.1, -0.05) is 54.2 Å². The minimum absolute atomic E-state index is 0.134. The van der Waals surface area contributed by atoms with Crippen molar-refractivity contribution in [3.8, 4) is 28.6 Å². The van der Waals surface area contributed by atoms with E-state index in [1.54, 1.807) is 7.11 Å². The minimum atomic E-state index is -0.134. The maximum atomic E-state index is 13.3. The van der Waals surface area contributed by atoms with Crippen molar-refractivity contribution in [3.05, 3.63) is 96.7 Å². The Morgan fingerprint density at radius 1 is 0.953 bits per heavy atom. The highest BCUT2D eigenvalue weighted by Crippen LogP contribution is 2.32. The molecule has 5 aromatic rings. The van der Waals surface area contributed by atoms with Gasteiger partial charge in [-0.25, -0.2) is 4.98 Å². The highest BCUT2D eigenvalue weighted by atomic mass is 32.2. The Morgan fingerprint density at radius 2 is 1.74 bits per heavy atom. The van der Waals surface area contributed by atoms with Crippen LogP contribution in [-0.4, -0.2) is 70.5 Å². The van der Waals surface area contributed by atoms with Gasteiger partial charge in [0.25, 0.3) is 5.91 Å². The fourth-order valence-electron chi connectivity index (χ4n) is 5.03. The van der Waals surface area contributed by atoms with Gasteiger partial charge in [-0.2, -0.15) is 0 Å². The maximum absolute atomic E-state index is 13.3. The number of nitrogens with zero attached hydrogens (tertiary/aromatic N) is 6. The molecule has 11 heteroatoms. The number of hydrogen-bond acceptors (Lipinski definition) is 9. The summed E-state index contributed by atoms with van der Waals surface area (Å²) in [4.78, 5) is 21.9. The molecule has 1 aliphatic heterocycles. The van der Waals surface area contributed by atoms with Crippen LogP contribution in [0.2, 0.25) is 0 Å². The molecule has 3 aromatic carbocycles. The van der Waals surface area contributed by atoms with Gasteiger partial charge < -0.3 is 23.7 Å². The highest BCUT2D eigenvalue weighted by Gasteiger charge is 2.26. The van der Waals surface area contributed by atoms with Gasteiger partial charge in [0.15, 0.2) is 16.7 Å². The number of benzene rings is 3. The number of carbonyl (C=O) groups excluding carboxylic acids is 1.